The number of anilines is 3. The van der Waals surface area contributed by atoms with Crippen LogP contribution in [0, 0.1) is 0 Å². The van der Waals surface area contributed by atoms with E-state index < -0.39 is 0 Å². The minimum Gasteiger partial charge on any atom is -0.330 e. The van der Waals surface area contributed by atoms with Gasteiger partial charge in [0.2, 0.25) is 5.13 Å². The lowest BCUT2D eigenvalue weighted by molar-refractivity contribution is -0.112. The highest BCUT2D eigenvalue weighted by Gasteiger charge is 2.12. The standard InChI is InChI=1S/C20H15N7OS/c28-18(17-5-2-8-21-17)23-14-4-1-3-12(9-14)19-26-27-20(29-19)24-15-6-7-16-13(10-15)11-22-25-16/h1,3-11H,2H2,(H,22,25)(H,23,28)(H,24,27). The number of aromatic nitrogens is 4. The molecule has 0 atom stereocenters. The highest BCUT2D eigenvalue weighted by atomic mass is 32.1. The van der Waals surface area contributed by atoms with Crippen LogP contribution in [0.5, 0.6) is 0 Å². The summed E-state index contributed by atoms with van der Waals surface area (Å²) in [5.74, 6) is -0.217. The third-order valence-corrected chi connectivity index (χ3v) is 5.25. The van der Waals surface area contributed by atoms with E-state index in [0.717, 1.165) is 27.2 Å². The Labute approximate surface area is 169 Å². The van der Waals surface area contributed by atoms with E-state index in [9.17, 15) is 4.79 Å². The van der Waals surface area contributed by atoms with Crippen molar-refractivity contribution in [1.82, 2.24) is 20.4 Å². The van der Waals surface area contributed by atoms with Gasteiger partial charge in [0.15, 0.2) is 0 Å². The van der Waals surface area contributed by atoms with Gasteiger partial charge in [-0.2, -0.15) is 5.10 Å². The van der Waals surface area contributed by atoms with Gasteiger partial charge in [-0.25, -0.2) is 0 Å². The average Bonchev–Trinajstić information content (AvgIpc) is 3.49. The number of benzene rings is 2. The van der Waals surface area contributed by atoms with Gasteiger partial charge in [0.05, 0.1) is 11.7 Å². The highest BCUT2D eigenvalue weighted by Crippen LogP contribution is 2.30. The maximum absolute atomic E-state index is 12.2. The summed E-state index contributed by atoms with van der Waals surface area (Å²) in [7, 11) is 0. The van der Waals surface area contributed by atoms with Crippen LogP contribution in [0.25, 0.3) is 21.5 Å². The van der Waals surface area contributed by atoms with E-state index in [1.165, 1.54) is 11.3 Å². The smallest absolute Gasteiger partial charge is 0.273 e. The molecular weight excluding hydrogens is 386 g/mol. The molecule has 9 heteroatoms. The summed E-state index contributed by atoms with van der Waals surface area (Å²) in [5, 5.41) is 24.0. The van der Waals surface area contributed by atoms with Crippen molar-refractivity contribution in [3.63, 3.8) is 0 Å². The van der Waals surface area contributed by atoms with Crippen molar-refractivity contribution >= 4 is 50.9 Å². The summed E-state index contributed by atoms with van der Waals surface area (Å²) >= 11 is 1.44. The molecule has 142 valence electrons. The van der Waals surface area contributed by atoms with Crippen LogP contribution in [0.1, 0.15) is 6.42 Å². The van der Waals surface area contributed by atoms with Gasteiger partial charge in [-0.3, -0.25) is 14.9 Å². The second kappa shape index (κ2) is 7.28. The van der Waals surface area contributed by atoms with Gasteiger partial charge < -0.3 is 10.6 Å². The molecule has 8 nitrogen and oxygen atoms in total. The third-order valence-electron chi connectivity index (χ3n) is 4.36. The van der Waals surface area contributed by atoms with Crippen molar-refractivity contribution in [2.24, 2.45) is 4.99 Å². The van der Waals surface area contributed by atoms with Crippen LogP contribution in [0.15, 0.2) is 65.4 Å². The summed E-state index contributed by atoms with van der Waals surface area (Å²) in [6.07, 6.45) is 5.98. The molecule has 0 spiro atoms. The molecule has 2 aromatic carbocycles. The van der Waals surface area contributed by atoms with Gasteiger partial charge >= 0.3 is 0 Å². The molecule has 2 aromatic heterocycles. The first-order chi connectivity index (χ1) is 14.2. The number of aliphatic imine (C=N–C) groups is 1. The Morgan fingerprint density at radius 1 is 1.10 bits per heavy atom. The normalized spacial score (nSPS) is 12.9. The molecular formula is C20H15N7OS. The second-order valence-electron chi connectivity index (χ2n) is 6.38. The number of aromatic amines is 1. The van der Waals surface area contributed by atoms with E-state index in [0.29, 0.717) is 22.9 Å². The Balaban J connectivity index is 1.33. The fourth-order valence-corrected chi connectivity index (χ4v) is 3.74. The molecule has 4 aromatic rings. The molecule has 1 amide bonds. The minimum absolute atomic E-state index is 0.217. The van der Waals surface area contributed by atoms with E-state index in [4.69, 9.17) is 0 Å². The Bertz CT molecular complexity index is 1270. The van der Waals surface area contributed by atoms with Gasteiger partial charge in [0, 0.05) is 35.0 Å². The number of nitrogens with zero attached hydrogens (tertiary/aromatic N) is 4. The van der Waals surface area contributed by atoms with Gasteiger partial charge in [-0.1, -0.05) is 23.5 Å². The summed E-state index contributed by atoms with van der Waals surface area (Å²) in [6.45, 7) is 0. The van der Waals surface area contributed by atoms with E-state index in [1.807, 2.05) is 42.5 Å². The zero-order valence-corrected chi connectivity index (χ0v) is 15.9. The fourth-order valence-electron chi connectivity index (χ4n) is 2.98. The number of H-pyrrole nitrogens is 1. The third kappa shape index (κ3) is 3.63. The molecule has 3 N–H and O–H groups in total. The molecule has 0 fully saturated rings. The first-order valence-corrected chi connectivity index (χ1v) is 9.74. The number of fused-ring (bicyclic) bond motifs is 1. The van der Waals surface area contributed by atoms with Crippen LogP contribution in [0.3, 0.4) is 0 Å². The van der Waals surface area contributed by atoms with Crippen LogP contribution in [0.2, 0.25) is 0 Å². The number of nitrogens with one attached hydrogen (secondary N) is 3. The number of hydrogen-bond acceptors (Lipinski definition) is 7. The zero-order valence-electron chi connectivity index (χ0n) is 15.1. The topological polar surface area (TPSA) is 108 Å². The zero-order chi connectivity index (χ0) is 19.6. The van der Waals surface area contributed by atoms with Crippen molar-refractivity contribution in [3.05, 3.63) is 60.4 Å². The van der Waals surface area contributed by atoms with Crippen molar-refractivity contribution in [2.45, 2.75) is 6.42 Å². The average molecular weight is 401 g/mol. The quantitative estimate of drug-likeness (QED) is 0.466. The van der Waals surface area contributed by atoms with Crippen molar-refractivity contribution < 1.29 is 4.79 Å². The largest absolute Gasteiger partial charge is 0.330 e. The number of carbonyl (C=O) groups excluding carboxylic acids is 1. The Kier molecular flexibility index (Phi) is 4.34. The molecule has 0 unspecified atom stereocenters. The minimum atomic E-state index is -0.217. The second-order valence-corrected chi connectivity index (χ2v) is 7.36. The lowest BCUT2D eigenvalue weighted by atomic mass is 10.2. The number of carbonyl (C=O) groups is 1. The number of amides is 1. The Hall–Kier alpha value is -3.85. The first kappa shape index (κ1) is 17.3. The maximum atomic E-state index is 12.2. The molecule has 29 heavy (non-hydrogen) atoms. The number of hydrogen-bond donors (Lipinski definition) is 3. The van der Waals surface area contributed by atoms with Crippen molar-refractivity contribution in [2.75, 3.05) is 10.6 Å². The molecule has 3 heterocycles. The summed E-state index contributed by atoms with van der Waals surface area (Å²) < 4.78 is 0. The van der Waals surface area contributed by atoms with Crippen LogP contribution < -0.4 is 10.6 Å². The molecule has 0 saturated heterocycles. The molecule has 0 aliphatic carbocycles. The molecule has 0 radical (unpaired) electrons. The van der Waals surface area contributed by atoms with Crippen LogP contribution in [0.4, 0.5) is 16.5 Å². The molecule has 5 rings (SSSR count). The molecule has 0 saturated carbocycles. The van der Waals surface area contributed by atoms with Crippen LogP contribution in [-0.2, 0) is 4.79 Å². The number of rotatable bonds is 5. The lowest BCUT2D eigenvalue weighted by Crippen LogP contribution is -2.12. The first-order valence-electron chi connectivity index (χ1n) is 8.93. The predicted octanol–water partition coefficient (Wildman–Crippen LogP) is 4.12. The van der Waals surface area contributed by atoms with Gasteiger partial charge in [-0.05, 0) is 36.4 Å². The van der Waals surface area contributed by atoms with E-state index in [2.05, 4.69) is 36.0 Å². The maximum Gasteiger partial charge on any atom is 0.273 e. The fraction of sp³-hybridized carbons (Fsp3) is 0.0500. The monoisotopic (exact) mass is 401 g/mol. The molecule has 1 aliphatic rings. The number of allylic oxidation sites excluding steroid dienone is 1. The predicted molar refractivity (Wildman–Crippen MR) is 115 cm³/mol. The summed E-state index contributed by atoms with van der Waals surface area (Å²) in [6, 6.07) is 13.4. The van der Waals surface area contributed by atoms with Crippen molar-refractivity contribution in [3.8, 4) is 10.6 Å². The van der Waals surface area contributed by atoms with E-state index in [-0.39, 0.29) is 5.91 Å². The Morgan fingerprint density at radius 2 is 2.07 bits per heavy atom. The summed E-state index contributed by atoms with van der Waals surface area (Å²) in [4.78, 5) is 16.3. The lowest BCUT2D eigenvalue weighted by Gasteiger charge is -2.05. The molecule has 0 bridgehead atoms. The SMILES string of the molecule is O=C(Nc1cccc(-c2nnc(Nc3ccc4[nH]ncc4c3)s2)c1)C1=CCC=N1. The summed E-state index contributed by atoms with van der Waals surface area (Å²) in [5.41, 5.74) is 3.89. The van der Waals surface area contributed by atoms with E-state index >= 15 is 0 Å². The van der Waals surface area contributed by atoms with Crippen LogP contribution >= 0.6 is 11.3 Å². The van der Waals surface area contributed by atoms with Gasteiger partial charge in [0.1, 0.15) is 10.7 Å². The molecule has 1 aliphatic heterocycles. The Morgan fingerprint density at radius 3 is 2.97 bits per heavy atom. The van der Waals surface area contributed by atoms with Gasteiger partial charge in [-0.15, -0.1) is 10.2 Å². The highest BCUT2D eigenvalue weighted by molar-refractivity contribution is 7.18. The van der Waals surface area contributed by atoms with Gasteiger partial charge in [0.25, 0.3) is 5.91 Å². The van der Waals surface area contributed by atoms with Crippen LogP contribution in [-0.4, -0.2) is 32.5 Å². The van der Waals surface area contributed by atoms with E-state index in [1.54, 1.807) is 18.5 Å². The van der Waals surface area contributed by atoms with Crippen molar-refractivity contribution in [1.29, 1.82) is 0 Å².